The summed E-state index contributed by atoms with van der Waals surface area (Å²) in [5.41, 5.74) is 0.835. The van der Waals surface area contributed by atoms with Gasteiger partial charge >= 0.3 is 0 Å². The summed E-state index contributed by atoms with van der Waals surface area (Å²) in [4.78, 5) is 2.29. The van der Waals surface area contributed by atoms with E-state index < -0.39 is 9.84 Å². The van der Waals surface area contributed by atoms with Crippen LogP contribution in [0.15, 0.2) is 61.6 Å². The molecule has 6 heteroatoms. The Bertz CT molecular complexity index is 710. The summed E-state index contributed by atoms with van der Waals surface area (Å²) >= 11 is 4.94. The van der Waals surface area contributed by atoms with Gasteiger partial charge in [0.15, 0.2) is 9.84 Å². The number of sulfone groups is 1. The summed E-state index contributed by atoms with van der Waals surface area (Å²) in [6, 6.07) is 12.5. The van der Waals surface area contributed by atoms with Gasteiger partial charge in [-0.05, 0) is 42.0 Å². The first kappa shape index (κ1) is 15.6. The number of aliphatic hydroxyl groups excluding tert-OH is 1. The minimum Gasteiger partial charge on any atom is -0.392 e. The zero-order valence-corrected chi connectivity index (χ0v) is 13.9. The van der Waals surface area contributed by atoms with Crippen molar-refractivity contribution < 1.29 is 13.5 Å². The lowest BCUT2D eigenvalue weighted by molar-refractivity contribution is 0.281. The van der Waals surface area contributed by atoms with Crippen LogP contribution in [0.3, 0.4) is 0 Å². The fraction of sp³-hybridized carbons (Fsp3) is 0.143. The average Bonchev–Trinajstić information content (AvgIpc) is 2.38. The third-order valence-electron chi connectivity index (χ3n) is 2.68. The maximum absolute atomic E-state index is 11.4. The van der Waals surface area contributed by atoms with Gasteiger partial charge in [-0.1, -0.05) is 33.8 Å². The van der Waals surface area contributed by atoms with Crippen molar-refractivity contribution in [2.45, 2.75) is 21.3 Å². The Morgan fingerprint density at radius 2 is 1.70 bits per heavy atom. The summed E-state index contributed by atoms with van der Waals surface area (Å²) in [5.74, 6) is 0. The molecule has 0 spiro atoms. The van der Waals surface area contributed by atoms with Crippen LogP contribution in [0.2, 0.25) is 0 Å². The molecule has 0 unspecified atom stereocenters. The van der Waals surface area contributed by atoms with Gasteiger partial charge in [0, 0.05) is 20.5 Å². The third-order valence-corrected chi connectivity index (χ3v) is 5.55. The van der Waals surface area contributed by atoms with E-state index in [1.54, 1.807) is 24.3 Å². The van der Waals surface area contributed by atoms with Gasteiger partial charge in [-0.2, -0.15) is 0 Å². The van der Waals surface area contributed by atoms with Crippen LogP contribution in [0.4, 0.5) is 0 Å². The summed E-state index contributed by atoms with van der Waals surface area (Å²) in [6.07, 6.45) is 1.19. The van der Waals surface area contributed by atoms with Crippen LogP contribution in [0.25, 0.3) is 0 Å². The lowest BCUT2D eigenvalue weighted by Gasteiger charge is -2.06. The van der Waals surface area contributed by atoms with E-state index in [1.807, 2.05) is 18.2 Å². The Labute approximate surface area is 131 Å². The Hall–Kier alpha value is -0.820. The molecule has 2 rings (SSSR count). The van der Waals surface area contributed by atoms with Crippen molar-refractivity contribution in [3.63, 3.8) is 0 Å². The zero-order valence-electron chi connectivity index (χ0n) is 10.7. The minimum atomic E-state index is -3.15. The molecule has 106 valence electrons. The van der Waals surface area contributed by atoms with Crippen molar-refractivity contribution in [3.05, 3.63) is 52.5 Å². The number of halogens is 1. The van der Waals surface area contributed by atoms with E-state index in [1.165, 1.54) is 18.0 Å². The fourth-order valence-corrected chi connectivity index (χ4v) is 3.75. The molecule has 0 heterocycles. The molecule has 0 atom stereocenters. The van der Waals surface area contributed by atoms with E-state index >= 15 is 0 Å². The largest absolute Gasteiger partial charge is 0.392 e. The van der Waals surface area contributed by atoms with E-state index in [-0.39, 0.29) is 6.61 Å². The van der Waals surface area contributed by atoms with Crippen molar-refractivity contribution in [3.8, 4) is 0 Å². The topological polar surface area (TPSA) is 54.4 Å². The summed E-state index contributed by atoms with van der Waals surface area (Å²) < 4.78 is 23.6. The monoisotopic (exact) mass is 372 g/mol. The standard InChI is InChI=1S/C14H13BrO3S2/c1-20(17,18)13-6-4-11(5-7-13)19-12-3-2-10(9-16)14(15)8-12/h2-8,16H,9H2,1H3. The maximum atomic E-state index is 11.4. The molecule has 0 saturated carbocycles. The van der Waals surface area contributed by atoms with Crippen LogP contribution >= 0.6 is 27.7 Å². The normalized spacial score (nSPS) is 11.6. The molecule has 0 aliphatic carbocycles. The summed E-state index contributed by atoms with van der Waals surface area (Å²) in [6.45, 7) is -0.00537. The second-order valence-electron chi connectivity index (χ2n) is 4.26. The van der Waals surface area contributed by atoms with Gasteiger partial charge < -0.3 is 5.11 Å². The number of hydrogen-bond donors (Lipinski definition) is 1. The highest BCUT2D eigenvalue weighted by molar-refractivity contribution is 9.10. The van der Waals surface area contributed by atoms with E-state index in [0.29, 0.717) is 4.90 Å². The molecule has 2 aromatic rings. The summed E-state index contributed by atoms with van der Waals surface area (Å²) in [5, 5.41) is 9.11. The molecular weight excluding hydrogens is 360 g/mol. The van der Waals surface area contributed by atoms with E-state index in [9.17, 15) is 8.42 Å². The second-order valence-corrected chi connectivity index (χ2v) is 8.27. The van der Waals surface area contributed by atoms with Gasteiger partial charge in [0.05, 0.1) is 11.5 Å². The molecule has 3 nitrogen and oxygen atoms in total. The number of benzene rings is 2. The van der Waals surface area contributed by atoms with Crippen molar-refractivity contribution in [1.29, 1.82) is 0 Å². The Kier molecular flexibility index (Phi) is 4.90. The molecule has 0 bridgehead atoms. The van der Waals surface area contributed by atoms with Crippen LogP contribution in [-0.2, 0) is 16.4 Å². The quantitative estimate of drug-likeness (QED) is 0.892. The van der Waals surface area contributed by atoms with Gasteiger partial charge in [-0.25, -0.2) is 8.42 Å². The van der Waals surface area contributed by atoms with Gasteiger partial charge in [-0.15, -0.1) is 0 Å². The molecule has 0 radical (unpaired) electrons. The van der Waals surface area contributed by atoms with E-state index in [0.717, 1.165) is 19.8 Å². The molecule has 0 amide bonds. The molecule has 0 saturated heterocycles. The van der Waals surface area contributed by atoms with Crippen LogP contribution in [0.5, 0.6) is 0 Å². The SMILES string of the molecule is CS(=O)(=O)c1ccc(Sc2ccc(CO)c(Br)c2)cc1. The van der Waals surface area contributed by atoms with E-state index in [4.69, 9.17) is 5.11 Å². The predicted octanol–water partition coefficient (Wildman–Crippen LogP) is 3.50. The second kappa shape index (κ2) is 6.30. The van der Waals surface area contributed by atoms with Crippen molar-refractivity contribution in [2.75, 3.05) is 6.26 Å². The first-order chi connectivity index (χ1) is 9.40. The average molecular weight is 373 g/mol. The minimum absolute atomic E-state index is 0.00537. The van der Waals surface area contributed by atoms with Crippen molar-refractivity contribution in [2.24, 2.45) is 0 Å². The summed E-state index contributed by atoms with van der Waals surface area (Å²) in [7, 11) is -3.15. The zero-order chi connectivity index (χ0) is 14.8. The highest BCUT2D eigenvalue weighted by Gasteiger charge is 2.07. The smallest absolute Gasteiger partial charge is 0.175 e. The molecule has 0 aromatic heterocycles. The third kappa shape index (κ3) is 3.85. The van der Waals surface area contributed by atoms with E-state index in [2.05, 4.69) is 15.9 Å². The lowest BCUT2D eigenvalue weighted by Crippen LogP contribution is -1.95. The number of aliphatic hydroxyl groups is 1. The number of rotatable bonds is 4. The van der Waals surface area contributed by atoms with Crippen LogP contribution in [0, 0.1) is 0 Å². The van der Waals surface area contributed by atoms with Crippen molar-refractivity contribution >= 4 is 37.5 Å². The molecule has 1 N–H and O–H groups in total. The van der Waals surface area contributed by atoms with Crippen molar-refractivity contribution in [1.82, 2.24) is 0 Å². The number of hydrogen-bond acceptors (Lipinski definition) is 4. The predicted molar refractivity (Wildman–Crippen MR) is 83.7 cm³/mol. The van der Waals surface area contributed by atoms with Gasteiger partial charge in [0.1, 0.15) is 0 Å². The van der Waals surface area contributed by atoms with Crippen LogP contribution in [-0.4, -0.2) is 19.8 Å². The first-order valence-electron chi connectivity index (χ1n) is 5.77. The lowest BCUT2D eigenvalue weighted by atomic mass is 10.2. The van der Waals surface area contributed by atoms with Gasteiger partial charge in [0.25, 0.3) is 0 Å². The van der Waals surface area contributed by atoms with Gasteiger partial charge in [-0.3, -0.25) is 0 Å². The Morgan fingerprint density at radius 3 is 2.20 bits per heavy atom. The molecule has 20 heavy (non-hydrogen) atoms. The van der Waals surface area contributed by atoms with Crippen LogP contribution in [0.1, 0.15) is 5.56 Å². The molecule has 0 aliphatic heterocycles. The highest BCUT2D eigenvalue weighted by atomic mass is 79.9. The Morgan fingerprint density at radius 1 is 1.10 bits per heavy atom. The first-order valence-corrected chi connectivity index (χ1v) is 9.27. The molecule has 0 aliphatic rings. The highest BCUT2D eigenvalue weighted by Crippen LogP contribution is 2.31. The van der Waals surface area contributed by atoms with Gasteiger partial charge in [0.2, 0.25) is 0 Å². The Balaban J connectivity index is 2.20. The molecule has 0 fully saturated rings. The fourth-order valence-electron chi connectivity index (χ4n) is 1.61. The molecular formula is C14H13BrO3S2. The maximum Gasteiger partial charge on any atom is 0.175 e. The van der Waals surface area contributed by atoms with Crippen LogP contribution < -0.4 is 0 Å². The molecule has 2 aromatic carbocycles.